The lowest BCUT2D eigenvalue weighted by atomic mass is 9.96. The number of carboxylic acid groups (broad SMARTS) is 3. The zero-order chi connectivity index (χ0) is 46.6. The van der Waals surface area contributed by atoms with Gasteiger partial charge in [-0.15, -0.1) is 16.9 Å². The van der Waals surface area contributed by atoms with E-state index in [-0.39, 0.29) is 62.5 Å². The minimum atomic E-state index is -2.19. The van der Waals surface area contributed by atoms with Crippen LogP contribution in [0.15, 0.2) is 63.8 Å². The molecule has 1 unspecified atom stereocenters. The lowest BCUT2D eigenvalue weighted by Crippen LogP contribution is -2.81. The largest absolute Gasteiger partial charge is 0.482 e. The van der Waals surface area contributed by atoms with Gasteiger partial charge >= 0.3 is 29.8 Å². The van der Waals surface area contributed by atoms with E-state index >= 15 is 0 Å². The maximum absolute atomic E-state index is 14.5. The van der Waals surface area contributed by atoms with Crippen molar-refractivity contribution in [3.05, 3.63) is 75.2 Å². The summed E-state index contributed by atoms with van der Waals surface area (Å²) >= 11 is 1.98. The van der Waals surface area contributed by atoms with E-state index in [0.717, 1.165) is 60.1 Å². The Morgan fingerprint density at radius 2 is 1.66 bits per heavy atom. The second kappa shape index (κ2) is 19.0. The van der Waals surface area contributed by atoms with Gasteiger partial charge < -0.3 is 49.5 Å². The highest BCUT2D eigenvalue weighted by atomic mass is 32.2. The highest BCUT2D eigenvalue weighted by molar-refractivity contribution is 8.01. The molecule has 1 saturated heterocycles. The van der Waals surface area contributed by atoms with E-state index in [1.165, 1.54) is 41.1 Å². The van der Waals surface area contributed by atoms with Crippen molar-refractivity contribution < 1.29 is 72.6 Å². The molecule has 64 heavy (non-hydrogen) atoms. The molecule has 26 heteroatoms. The number of ether oxygens (including phenoxy) is 4. The van der Waals surface area contributed by atoms with Crippen molar-refractivity contribution in [1.29, 1.82) is 0 Å². The number of hydrogen-bond donors (Lipinski definition) is 5. The predicted octanol–water partition coefficient (Wildman–Crippen LogP) is 0.383. The molecule has 3 atom stereocenters. The average Bonchev–Trinajstić information content (AvgIpc) is 3.68. The molecule has 2 aliphatic heterocycles. The van der Waals surface area contributed by atoms with E-state index < -0.39 is 94.5 Å². The normalized spacial score (nSPS) is 17.2. The van der Waals surface area contributed by atoms with Crippen molar-refractivity contribution in [2.75, 3.05) is 25.2 Å². The molecule has 24 nitrogen and oxygen atoms in total. The molecule has 2 aromatic heterocycles. The number of pyridine rings is 1. The second-order valence-corrected chi connectivity index (χ2v) is 15.7. The smallest absolute Gasteiger partial charge is 0.352 e. The number of methoxy groups -OCH3 is 1. The molecule has 2 aromatic carbocycles. The lowest BCUT2D eigenvalue weighted by Gasteiger charge is -2.56. The number of fused-ring (bicyclic) bond motifs is 2. The Morgan fingerprint density at radius 1 is 0.984 bits per heavy atom. The molecule has 3 amide bonds. The van der Waals surface area contributed by atoms with E-state index in [9.17, 15) is 48.3 Å². The third kappa shape index (κ3) is 9.37. The fraction of sp³-hybridized carbons (Fsp3) is 0.316. The molecule has 4 heterocycles. The first-order valence-corrected chi connectivity index (χ1v) is 20.6. The number of aliphatic carboxylic acids is 3. The van der Waals surface area contributed by atoms with Gasteiger partial charge in [0, 0.05) is 51.3 Å². The molecule has 1 fully saturated rings. The summed E-state index contributed by atoms with van der Waals surface area (Å²) in [5.41, 5.74) is -3.48. The Morgan fingerprint density at radius 3 is 2.25 bits per heavy atom. The number of rotatable bonds is 18. The van der Waals surface area contributed by atoms with Gasteiger partial charge in [-0.2, -0.15) is 0 Å². The van der Waals surface area contributed by atoms with E-state index in [2.05, 4.69) is 26.2 Å². The molecular formula is C38H36N8O16S2. The SMILES string of the molecule is CCn1cc(C(=O)NC(C(=O)N[C@]2(OC)C(=O)N3C(C(=O)O)=C(CSc4nnnn4CC(=O)O)CS[C@H]32)c2ccc(OCC(=O)O)cc2)c(=O)c2cc(OC(C)=O)c(OC(C)=O)cc21. The number of amides is 3. The quantitative estimate of drug-likeness (QED) is 0.0296. The molecule has 4 aromatic rings. The molecule has 0 radical (unpaired) electrons. The lowest BCUT2D eigenvalue weighted by molar-refractivity contribution is -0.192. The fourth-order valence-electron chi connectivity index (χ4n) is 6.69. The number of nitrogens with one attached hydrogen (secondary N) is 2. The summed E-state index contributed by atoms with van der Waals surface area (Å²) < 4.78 is 23.7. The number of carboxylic acids is 3. The van der Waals surface area contributed by atoms with Crippen LogP contribution in [-0.4, -0.2) is 129 Å². The van der Waals surface area contributed by atoms with Crippen molar-refractivity contribution in [3.63, 3.8) is 0 Å². The van der Waals surface area contributed by atoms with E-state index in [1.54, 1.807) is 6.92 Å². The van der Waals surface area contributed by atoms with Crippen LogP contribution in [0, 0.1) is 0 Å². The van der Waals surface area contributed by atoms with Gasteiger partial charge in [0.2, 0.25) is 16.5 Å². The van der Waals surface area contributed by atoms with Crippen LogP contribution in [0.25, 0.3) is 10.9 Å². The predicted molar refractivity (Wildman–Crippen MR) is 218 cm³/mol. The first kappa shape index (κ1) is 46.2. The Bertz CT molecular complexity index is 2700. The second-order valence-electron chi connectivity index (χ2n) is 13.6. The van der Waals surface area contributed by atoms with Crippen LogP contribution in [0.3, 0.4) is 0 Å². The molecule has 5 N–H and O–H groups in total. The minimum absolute atomic E-state index is 0.00423. The van der Waals surface area contributed by atoms with Crippen LogP contribution in [-0.2, 0) is 51.4 Å². The third-order valence-electron chi connectivity index (χ3n) is 9.45. The number of carbonyl (C=O) groups excluding carboxylic acids is 5. The van der Waals surface area contributed by atoms with Gasteiger partial charge in [-0.1, -0.05) is 23.9 Å². The van der Waals surface area contributed by atoms with Crippen LogP contribution in [0.1, 0.15) is 42.7 Å². The standard InChI is InChI=1S/C38H36N8O16S2/c1-5-44-12-23(31(53)22-10-25(61-17(2)47)26(11-24(22)44)62-18(3)48)32(54)39-29(19-6-8-21(9-7-19)60-14-28(51)52)33(55)40-38(59-4)35(58)46-30(34(56)57)20(15-63-36(38)46)16-64-37-41-42-43-45(37)13-27(49)50/h6-12,29,36H,5,13-16H2,1-4H3,(H,39,54)(H,40,55)(H,49,50)(H,51,52)(H,56,57)/t29?,36-,38-/m0/s1. The van der Waals surface area contributed by atoms with Crippen molar-refractivity contribution in [2.24, 2.45) is 0 Å². The molecule has 0 aliphatic carbocycles. The van der Waals surface area contributed by atoms with Gasteiger partial charge in [0.1, 0.15) is 35.0 Å². The summed E-state index contributed by atoms with van der Waals surface area (Å²) in [6.45, 7) is 2.80. The minimum Gasteiger partial charge on any atom is -0.482 e. The molecule has 0 spiro atoms. The molecule has 336 valence electrons. The van der Waals surface area contributed by atoms with Gasteiger partial charge in [-0.25, -0.2) is 14.3 Å². The number of tetrazole rings is 1. The molecular weight excluding hydrogens is 889 g/mol. The van der Waals surface area contributed by atoms with Crippen molar-refractivity contribution >= 4 is 82.0 Å². The van der Waals surface area contributed by atoms with Crippen molar-refractivity contribution in [3.8, 4) is 17.2 Å². The van der Waals surface area contributed by atoms with Crippen LogP contribution >= 0.6 is 23.5 Å². The van der Waals surface area contributed by atoms with Crippen LogP contribution in [0.2, 0.25) is 0 Å². The van der Waals surface area contributed by atoms with E-state index in [4.69, 9.17) is 29.2 Å². The van der Waals surface area contributed by atoms with Crippen molar-refractivity contribution in [2.45, 2.75) is 56.2 Å². The van der Waals surface area contributed by atoms with Gasteiger partial charge in [0.15, 0.2) is 18.1 Å². The van der Waals surface area contributed by atoms with Crippen LogP contribution in [0.4, 0.5) is 0 Å². The van der Waals surface area contributed by atoms with Gasteiger partial charge in [-0.3, -0.25) is 38.5 Å². The van der Waals surface area contributed by atoms with Crippen molar-refractivity contribution in [1.82, 2.24) is 40.3 Å². The van der Waals surface area contributed by atoms with Gasteiger partial charge in [0.25, 0.3) is 17.5 Å². The number of aryl methyl sites for hydroxylation is 1. The maximum atomic E-state index is 14.5. The monoisotopic (exact) mass is 924 g/mol. The van der Waals surface area contributed by atoms with E-state index in [0.29, 0.717) is 0 Å². The molecule has 0 bridgehead atoms. The number of β-lactam (4-membered cyclic amide) rings is 1. The summed E-state index contributed by atoms with van der Waals surface area (Å²) in [6.07, 6.45) is 1.20. The maximum Gasteiger partial charge on any atom is 0.352 e. The molecule has 6 rings (SSSR count). The number of nitrogens with zero attached hydrogens (tertiary/aromatic N) is 6. The topological polar surface area (TPSA) is 327 Å². The Hall–Kier alpha value is -7.32. The first-order valence-electron chi connectivity index (χ1n) is 18.6. The highest BCUT2D eigenvalue weighted by Crippen LogP contribution is 2.47. The highest BCUT2D eigenvalue weighted by Gasteiger charge is 2.67. The summed E-state index contributed by atoms with van der Waals surface area (Å²) in [4.78, 5) is 116. The zero-order valence-corrected chi connectivity index (χ0v) is 35.5. The van der Waals surface area contributed by atoms with Gasteiger partial charge in [0.05, 0.1) is 10.9 Å². The Balaban J connectivity index is 1.33. The number of hydrogen-bond acceptors (Lipinski definition) is 18. The number of esters is 2. The summed E-state index contributed by atoms with van der Waals surface area (Å²) in [6, 6.07) is 5.97. The number of thioether (sulfide) groups is 2. The Labute approximate surface area is 367 Å². The Kier molecular flexibility index (Phi) is 13.7. The number of aromatic nitrogens is 5. The number of carbonyl (C=O) groups is 8. The van der Waals surface area contributed by atoms with Crippen LogP contribution < -0.4 is 30.3 Å². The van der Waals surface area contributed by atoms with E-state index in [1.807, 2.05) is 0 Å². The fourth-order valence-corrected chi connectivity index (χ4v) is 9.14. The van der Waals surface area contributed by atoms with Gasteiger partial charge in [-0.05, 0) is 46.7 Å². The summed E-state index contributed by atoms with van der Waals surface area (Å²) in [5.74, 6) is -9.12. The summed E-state index contributed by atoms with van der Waals surface area (Å²) in [5, 5.41) is 43.2. The van der Waals surface area contributed by atoms with Crippen LogP contribution in [0.5, 0.6) is 17.2 Å². The number of benzene rings is 2. The molecule has 0 saturated carbocycles. The molecule has 2 aliphatic rings. The summed E-state index contributed by atoms with van der Waals surface area (Å²) in [7, 11) is 1.11. The third-order valence-corrected chi connectivity index (χ3v) is 11.9. The first-order chi connectivity index (χ1) is 30.4. The zero-order valence-electron chi connectivity index (χ0n) is 33.9. The average molecular weight is 925 g/mol.